The summed E-state index contributed by atoms with van der Waals surface area (Å²) in [5.74, 6) is -0.663. The summed E-state index contributed by atoms with van der Waals surface area (Å²) in [5.41, 5.74) is 0.0380. The van der Waals surface area contributed by atoms with E-state index in [4.69, 9.17) is 0 Å². The van der Waals surface area contributed by atoms with Gasteiger partial charge in [0, 0.05) is 11.0 Å². The fraction of sp³-hybridized carbons (Fsp3) is 0.462. The van der Waals surface area contributed by atoms with E-state index in [1.807, 2.05) is 0 Å². The Labute approximate surface area is 114 Å². The van der Waals surface area contributed by atoms with E-state index in [9.17, 15) is 14.3 Å². The molecule has 0 aliphatic heterocycles. The molecule has 1 saturated carbocycles. The number of hydrogen-bond acceptors (Lipinski definition) is 2. The third-order valence-electron chi connectivity index (χ3n) is 3.25. The Balaban J connectivity index is 1.96. The second kappa shape index (κ2) is 5.80. The molecule has 1 aromatic rings. The summed E-state index contributed by atoms with van der Waals surface area (Å²) in [6.45, 7) is 0.483. The molecular weight excluding hydrogens is 301 g/mol. The number of hydrogen-bond donors (Lipinski definition) is 2. The quantitative estimate of drug-likeness (QED) is 0.900. The third kappa shape index (κ3) is 3.09. The van der Waals surface area contributed by atoms with Gasteiger partial charge in [0.1, 0.15) is 5.82 Å². The van der Waals surface area contributed by atoms with Gasteiger partial charge in [0.25, 0.3) is 5.91 Å². The van der Waals surface area contributed by atoms with Crippen LogP contribution >= 0.6 is 15.9 Å². The summed E-state index contributed by atoms with van der Waals surface area (Å²) in [4.78, 5) is 11.9. The summed E-state index contributed by atoms with van der Waals surface area (Å²) >= 11 is 3.17. The Hall–Kier alpha value is -0.940. The molecule has 0 radical (unpaired) electrons. The lowest BCUT2D eigenvalue weighted by molar-refractivity contribution is 0.0940. The van der Waals surface area contributed by atoms with Gasteiger partial charge in [0.05, 0.1) is 11.7 Å². The fourth-order valence-corrected chi connectivity index (χ4v) is 2.80. The van der Waals surface area contributed by atoms with Gasteiger partial charge in [-0.25, -0.2) is 4.39 Å². The number of aliphatic hydroxyl groups excluding tert-OH is 1. The maximum absolute atomic E-state index is 13.5. The monoisotopic (exact) mass is 315 g/mol. The average Bonchev–Trinajstić information content (AvgIpc) is 2.72. The highest BCUT2D eigenvalue weighted by Crippen LogP contribution is 2.25. The Morgan fingerprint density at radius 1 is 1.50 bits per heavy atom. The largest absolute Gasteiger partial charge is 0.393 e. The van der Waals surface area contributed by atoms with Crippen LogP contribution in [0.25, 0.3) is 0 Å². The van der Waals surface area contributed by atoms with Crippen LogP contribution in [-0.2, 0) is 0 Å². The van der Waals surface area contributed by atoms with Crippen molar-refractivity contribution in [3.63, 3.8) is 0 Å². The summed E-state index contributed by atoms with van der Waals surface area (Å²) in [6.07, 6.45) is 2.13. The number of amides is 1. The number of aliphatic hydroxyl groups is 1. The zero-order valence-corrected chi connectivity index (χ0v) is 11.4. The Morgan fingerprint density at radius 3 is 2.89 bits per heavy atom. The molecule has 3 nitrogen and oxygen atoms in total. The topological polar surface area (TPSA) is 49.3 Å². The van der Waals surface area contributed by atoms with E-state index in [1.54, 1.807) is 12.1 Å². The van der Waals surface area contributed by atoms with Crippen molar-refractivity contribution in [3.05, 3.63) is 34.1 Å². The lowest BCUT2D eigenvalue weighted by Gasteiger charge is -2.12. The molecule has 1 fully saturated rings. The molecule has 0 saturated heterocycles. The van der Waals surface area contributed by atoms with Crippen molar-refractivity contribution in [2.24, 2.45) is 5.92 Å². The first-order chi connectivity index (χ1) is 8.58. The summed E-state index contributed by atoms with van der Waals surface area (Å²) in [5, 5.41) is 12.1. The van der Waals surface area contributed by atoms with Crippen LogP contribution in [0.3, 0.4) is 0 Å². The van der Waals surface area contributed by atoms with E-state index >= 15 is 0 Å². The second-order valence-electron chi connectivity index (χ2n) is 4.64. The molecule has 1 amide bonds. The highest BCUT2D eigenvalue weighted by Gasteiger charge is 2.24. The fourth-order valence-electron chi connectivity index (χ4n) is 2.27. The number of rotatable bonds is 3. The van der Waals surface area contributed by atoms with Gasteiger partial charge in [-0.05, 0) is 53.2 Å². The van der Waals surface area contributed by atoms with Gasteiger partial charge in [-0.15, -0.1) is 0 Å². The number of carbonyl (C=O) groups excluding carboxylic acids is 1. The van der Waals surface area contributed by atoms with Crippen molar-refractivity contribution in [2.75, 3.05) is 6.54 Å². The van der Waals surface area contributed by atoms with Crippen LogP contribution in [0.4, 0.5) is 4.39 Å². The highest BCUT2D eigenvalue weighted by atomic mass is 79.9. The smallest absolute Gasteiger partial charge is 0.255 e. The van der Waals surface area contributed by atoms with E-state index in [2.05, 4.69) is 21.2 Å². The van der Waals surface area contributed by atoms with Crippen molar-refractivity contribution in [1.29, 1.82) is 0 Å². The Kier molecular flexibility index (Phi) is 4.35. The molecule has 5 heteroatoms. The van der Waals surface area contributed by atoms with Crippen molar-refractivity contribution < 1.29 is 14.3 Å². The van der Waals surface area contributed by atoms with Crippen LogP contribution in [0.2, 0.25) is 0 Å². The van der Waals surface area contributed by atoms with Gasteiger partial charge in [0.15, 0.2) is 0 Å². The molecular formula is C13H15BrFNO2. The van der Waals surface area contributed by atoms with Crippen LogP contribution in [0.5, 0.6) is 0 Å². The molecule has 0 spiro atoms. The van der Waals surface area contributed by atoms with E-state index in [0.29, 0.717) is 17.4 Å². The van der Waals surface area contributed by atoms with Crippen LogP contribution in [0, 0.1) is 11.7 Å². The lowest BCUT2D eigenvalue weighted by atomic mass is 10.1. The maximum atomic E-state index is 13.5. The molecule has 0 heterocycles. The van der Waals surface area contributed by atoms with Crippen molar-refractivity contribution in [3.8, 4) is 0 Å². The minimum Gasteiger partial charge on any atom is -0.393 e. The normalized spacial score (nSPS) is 23.1. The number of benzene rings is 1. The zero-order valence-electron chi connectivity index (χ0n) is 9.83. The Morgan fingerprint density at radius 2 is 2.28 bits per heavy atom. The Bertz CT molecular complexity index is 432. The molecule has 2 unspecified atom stereocenters. The molecule has 98 valence electrons. The minimum absolute atomic E-state index is 0.0380. The number of carbonyl (C=O) groups is 1. The molecule has 1 aliphatic carbocycles. The summed E-state index contributed by atoms with van der Waals surface area (Å²) in [7, 11) is 0. The SMILES string of the molecule is O=C(NCC1CCC(O)C1)c1c(F)cccc1Br. The van der Waals surface area contributed by atoms with Crippen LogP contribution in [-0.4, -0.2) is 23.7 Å². The lowest BCUT2D eigenvalue weighted by Crippen LogP contribution is -2.29. The molecule has 2 atom stereocenters. The molecule has 1 aromatic carbocycles. The number of halogens is 2. The zero-order chi connectivity index (χ0) is 13.1. The van der Waals surface area contributed by atoms with E-state index in [0.717, 1.165) is 12.8 Å². The third-order valence-corrected chi connectivity index (χ3v) is 3.92. The van der Waals surface area contributed by atoms with E-state index < -0.39 is 11.7 Å². The van der Waals surface area contributed by atoms with Crippen LogP contribution in [0.15, 0.2) is 22.7 Å². The van der Waals surface area contributed by atoms with E-state index in [1.165, 1.54) is 6.07 Å². The molecule has 2 N–H and O–H groups in total. The maximum Gasteiger partial charge on any atom is 0.255 e. The van der Waals surface area contributed by atoms with E-state index in [-0.39, 0.29) is 17.6 Å². The van der Waals surface area contributed by atoms with Gasteiger partial charge < -0.3 is 10.4 Å². The first-order valence-electron chi connectivity index (χ1n) is 5.98. The molecule has 0 bridgehead atoms. The van der Waals surface area contributed by atoms with Gasteiger partial charge in [-0.2, -0.15) is 0 Å². The second-order valence-corrected chi connectivity index (χ2v) is 5.49. The highest BCUT2D eigenvalue weighted by molar-refractivity contribution is 9.10. The predicted molar refractivity (Wildman–Crippen MR) is 69.8 cm³/mol. The van der Waals surface area contributed by atoms with Gasteiger partial charge >= 0.3 is 0 Å². The summed E-state index contributed by atoms with van der Waals surface area (Å²) < 4.78 is 14.0. The van der Waals surface area contributed by atoms with Gasteiger partial charge in [0.2, 0.25) is 0 Å². The number of nitrogens with one attached hydrogen (secondary N) is 1. The summed E-state index contributed by atoms with van der Waals surface area (Å²) in [6, 6.07) is 4.44. The van der Waals surface area contributed by atoms with Crippen molar-refractivity contribution in [2.45, 2.75) is 25.4 Å². The van der Waals surface area contributed by atoms with Gasteiger partial charge in [-0.3, -0.25) is 4.79 Å². The van der Waals surface area contributed by atoms with Crippen LogP contribution < -0.4 is 5.32 Å². The molecule has 1 aliphatic rings. The van der Waals surface area contributed by atoms with Crippen molar-refractivity contribution >= 4 is 21.8 Å². The first kappa shape index (κ1) is 13.5. The minimum atomic E-state index is -0.534. The molecule has 2 rings (SSSR count). The molecule has 0 aromatic heterocycles. The predicted octanol–water partition coefficient (Wildman–Crippen LogP) is 2.48. The average molecular weight is 316 g/mol. The van der Waals surface area contributed by atoms with Gasteiger partial charge in [-0.1, -0.05) is 6.07 Å². The first-order valence-corrected chi connectivity index (χ1v) is 6.77. The van der Waals surface area contributed by atoms with Crippen molar-refractivity contribution in [1.82, 2.24) is 5.32 Å². The van der Waals surface area contributed by atoms with Crippen LogP contribution in [0.1, 0.15) is 29.6 Å². The molecule has 18 heavy (non-hydrogen) atoms. The standard InChI is InChI=1S/C13H15BrFNO2/c14-10-2-1-3-11(15)12(10)13(18)16-7-8-4-5-9(17)6-8/h1-3,8-9,17H,4-7H2,(H,16,18).